The number of hydrogen-bond acceptors (Lipinski definition) is 4. The van der Waals surface area contributed by atoms with Crippen molar-refractivity contribution >= 4 is 0 Å². The molecule has 1 aromatic heterocycles. The molecule has 0 aromatic carbocycles. The summed E-state index contributed by atoms with van der Waals surface area (Å²) in [4.78, 5) is 11.0. The third-order valence-electron chi connectivity index (χ3n) is 2.74. The molecule has 1 aliphatic rings. The summed E-state index contributed by atoms with van der Waals surface area (Å²) in [5.74, 6) is 0.896. The quantitative estimate of drug-likeness (QED) is 0.780. The molecule has 1 heterocycles. The molecule has 0 saturated carbocycles. The van der Waals surface area contributed by atoms with Crippen molar-refractivity contribution in [3.05, 3.63) is 23.3 Å². The fraction of sp³-hybridized carbons (Fsp3) is 0.636. The van der Waals surface area contributed by atoms with Crippen molar-refractivity contribution in [1.29, 1.82) is 0 Å². The molecule has 2 N–H and O–H groups in total. The van der Waals surface area contributed by atoms with Crippen LogP contribution in [0.25, 0.3) is 0 Å². The highest BCUT2D eigenvalue weighted by Gasteiger charge is 2.18. The first-order valence-corrected chi connectivity index (χ1v) is 5.42. The van der Waals surface area contributed by atoms with Crippen molar-refractivity contribution in [2.75, 3.05) is 14.1 Å². The van der Waals surface area contributed by atoms with Gasteiger partial charge in [-0.1, -0.05) is 0 Å². The second-order valence-electron chi connectivity index (χ2n) is 4.42. The summed E-state index contributed by atoms with van der Waals surface area (Å²) in [5, 5.41) is 0. The van der Waals surface area contributed by atoms with Gasteiger partial charge in [-0.25, -0.2) is 9.97 Å². The molecule has 15 heavy (non-hydrogen) atoms. The smallest absolute Gasteiger partial charge is 0.142 e. The largest absolute Gasteiger partial charge is 0.324 e. The van der Waals surface area contributed by atoms with Gasteiger partial charge in [-0.3, -0.25) is 0 Å². The number of rotatable bonds is 2. The molecule has 1 aromatic rings. The Morgan fingerprint density at radius 2 is 2.33 bits per heavy atom. The van der Waals surface area contributed by atoms with Gasteiger partial charge in [0.15, 0.2) is 0 Å². The van der Waals surface area contributed by atoms with Crippen LogP contribution in [0.3, 0.4) is 0 Å². The van der Waals surface area contributed by atoms with Crippen LogP contribution in [0.4, 0.5) is 0 Å². The monoisotopic (exact) mass is 206 g/mol. The lowest BCUT2D eigenvalue weighted by atomic mass is 9.93. The van der Waals surface area contributed by atoms with E-state index in [9.17, 15) is 0 Å². The number of hydrogen-bond donors (Lipinski definition) is 1. The molecule has 0 fully saturated rings. The van der Waals surface area contributed by atoms with E-state index in [1.807, 2.05) is 20.3 Å². The van der Waals surface area contributed by atoms with Crippen LogP contribution in [-0.2, 0) is 13.0 Å². The summed E-state index contributed by atoms with van der Waals surface area (Å²) < 4.78 is 0. The van der Waals surface area contributed by atoms with E-state index in [0.29, 0.717) is 0 Å². The van der Waals surface area contributed by atoms with Crippen LogP contribution in [0.5, 0.6) is 0 Å². The first-order chi connectivity index (χ1) is 7.16. The average Bonchev–Trinajstić information content (AvgIpc) is 2.17. The highest BCUT2D eigenvalue weighted by atomic mass is 15.1. The fourth-order valence-corrected chi connectivity index (χ4v) is 1.98. The molecule has 1 atom stereocenters. The Labute approximate surface area is 90.5 Å². The van der Waals surface area contributed by atoms with Gasteiger partial charge < -0.3 is 10.6 Å². The molecule has 0 saturated heterocycles. The molecule has 0 spiro atoms. The van der Waals surface area contributed by atoms with E-state index in [-0.39, 0.29) is 6.04 Å². The lowest BCUT2D eigenvalue weighted by Gasteiger charge is -2.21. The molecule has 0 amide bonds. The molecule has 4 heteroatoms. The van der Waals surface area contributed by atoms with Crippen molar-refractivity contribution < 1.29 is 0 Å². The SMILES string of the molecule is CN(C)Cc1ncc2c(n1)CCCC2N. The highest BCUT2D eigenvalue weighted by Crippen LogP contribution is 2.25. The maximum absolute atomic E-state index is 6.01. The zero-order chi connectivity index (χ0) is 10.8. The van der Waals surface area contributed by atoms with Crippen molar-refractivity contribution in [1.82, 2.24) is 14.9 Å². The number of aromatic nitrogens is 2. The molecule has 1 aliphatic carbocycles. The third kappa shape index (κ3) is 2.33. The minimum atomic E-state index is 0.141. The Morgan fingerprint density at radius 3 is 3.07 bits per heavy atom. The lowest BCUT2D eigenvalue weighted by molar-refractivity contribution is 0.388. The first kappa shape index (κ1) is 10.5. The van der Waals surface area contributed by atoms with Gasteiger partial charge in [0.2, 0.25) is 0 Å². The van der Waals surface area contributed by atoms with E-state index in [2.05, 4.69) is 14.9 Å². The summed E-state index contributed by atoms with van der Waals surface area (Å²) in [5.41, 5.74) is 8.30. The van der Waals surface area contributed by atoms with Crippen LogP contribution in [0, 0.1) is 0 Å². The van der Waals surface area contributed by atoms with E-state index < -0.39 is 0 Å². The van der Waals surface area contributed by atoms with Crippen LogP contribution in [0.15, 0.2) is 6.20 Å². The molecule has 0 aliphatic heterocycles. The zero-order valence-electron chi connectivity index (χ0n) is 9.40. The number of fused-ring (bicyclic) bond motifs is 1. The van der Waals surface area contributed by atoms with Gasteiger partial charge in [0, 0.05) is 23.5 Å². The average molecular weight is 206 g/mol. The summed E-state index contributed by atoms with van der Waals surface area (Å²) in [6.07, 6.45) is 5.16. The topological polar surface area (TPSA) is 55.0 Å². The molecule has 0 radical (unpaired) electrons. The Morgan fingerprint density at radius 1 is 1.53 bits per heavy atom. The van der Waals surface area contributed by atoms with Gasteiger partial charge in [-0.2, -0.15) is 0 Å². The second kappa shape index (κ2) is 4.24. The van der Waals surface area contributed by atoms with Gasteiger partial charge >= 0.3 is 0 Å². The Kier molecular flexibility index (Phi) is 2.98. The van der Waals surface area contributed by atoms with E-state index in [1.165, 1.54) is 0 Å². The summed E-state index contributed by atoms with van der Waals surface area (Å²) in [7, 11) is 4.04. The summed E-state index contributed by atoms with van der Waals surface area (Å²) in [6, 6.07) is 0.141. The standard InChI is InChI=1S/C11H18N4/c1-15(2)7-11-13-6-8-9(12)4-3-5-10(8)14-11/h6,9H,3-5,7,12H2,1-2H3. The normalized spacial score (nSPS) is 20.4. The molecule has 4 nitrogen and oxygen atoms in total. The molecular weight excluding hydrogens is 188 g/mol. The van der Waals surface area contributed by atoms with Crippen molar-refractivity contribution in [2.45, 2.75) is 31.8 Å². The Bertz CT molecular complexity index is 348. The van der Waals surface area contributed by atoms with Gasteiger partial charge in [0.25, 0.3) is 0 Å². The Balaban J connectivity index is 2.25. The minimum absolute atomic E-state index is 0.141. The van der Waals surface area contributed by atoms with E-state index in [1.54, 1.807) is 0 Å². The second-order valence-corrected chi connectivity index (χ2v) is 4.42. The van der Waals surface area contributed by atoms with Gasteiger partial charge in [-0.05, 0) is 33.4 Å². The van der Waals surface area contributed by atoms with Crippen molar-refractivity contribution in [3.63, 3.8) is 0 Å². The number of nitrogens with zero attached hydrogens (tertiary/aromatic N) is 3. The van der Waals surface area contributed by atoms with Crippen LogP contribution >= 0.6 is 0 Å². The third-order valence-corrected chi connectivity index (χ3v) is 2.74. The maximum atomic E-state index is 6.01. The first-order valence-electron chi connectivity index (χ1n) is 5.42. The lowest BCUT2D eigenvalue weighted by Crippen LogP contribution is -2.21. The Hall–Kier alpha value is -1.00. The summed E-state index contributed by atoms with van der Waals surface area (Å²) >= 11 is 0. The zero-order valence-corrected chi connectivity index (χ0v) is 9.40. The number of nitrogens with two attached hydrogens (primary N) is 1. The molecule has 82 valence electrons. The van der Waals surface area contributed by atoms with Crippen LogP contribution in [0.2, 0.25) is 0 Å². The van der Waals surface area contributed by atoms with Crippen molar-refractivity contribution in [3.8, 4) is 0 Å². The van der Waals surface area contributed by atoms with E-state index in [0.717, 1.165) is 42.9 Å². The van der Waals surface area contributed by atoms with Crippen molar-refractivity contribution in [2.24, 2.45) is 5.73 Å². The van der Waals surface area contributed by atoms with Crippen LogP contribution in [0.1, 0.15) is 36.0 Å². The van der Waals surface area contributed by atoms with Crippen LogP contribution < -0.4 is 5.73 Å². The van der Waals surface area contributed by atoms with E-state index >= 15 is 0 Å². The highest BCUT2D eigenvalue weighted by molar-refractivity contribution is 5.24. The fourth-order valence-electron chi connectivity index (χ4n) is 1.98. The molecule has 0 bridgehead atoms. The molecular formula is C11H18N4. The van der Waals surface area contributed by atoms with Crippen LogP contribution in [-0.4, -0.2) is 29.0 Å². The minimum Gasteiger partial charge on any atom is -0.324 e. The number of aryl methyl sites for hydroxylation is 1. The predicted octanol–water partition coefficient (Wildman–Crippen LogP) is 0.874. The van der Waals surface area contributed by atoms with Gasteiger partial charge in [-0.15, -0.1) is 0 Å². The maximum Gasteiger partial charge on any atom is 0.142 e. The summed E-state index contributed by atoms with van der Waals surface area (Å²) in [6.45, 7) is 0.794. The van der Waals surface area contributed by atoms with E-state index in [4.69, 9.17) is 5.73 Å². The predicted molar refractivity (Wildman–Crippen MR) is 59.3 cm³/mol. The molecule has 1 unspecified atom stereocenters. The molecule has 2 rings (SSSR count). The van der Waals surface area contributed by atoms with Gasteiger partial charge in [0.05, 0.1) is 6.54 Å². The van der Waals surface area contributed by atoms with Gasteiger partial charge in [0.1, 0.15) is 5.82 Å².